The molecule has 1 aromatic carbocycles. The number of fused-ring (bicyclic) bond motifs is 3. The molecule has 30 heavy (non-hydrogen) atoms. The van der Waals surface area contributed by atoms with Crippen LogP contribution in [0.1, 0.15) is 28.5 Å². The van der Waals surface area contributed by atoms with E-state index < -0.39 is 29.8 Å². The van der Waals surface area contributed by atoms with Gasteiger partial charge in [-0.25, -0.2) is 32.4 Å². The molecule has 1 aliphatic rings. The lowest BCUT2D eigenvalue weighted by atomic mass is 10.0. The lowest BCUT2D eigenvalue weighted by Gasteiger charge is -2.26. The predicted molar refractivity (Wildman–Crippen MR) is 101 cm³/mol. The number of anilines is 1. The number of aromatic nitrogens is 4. The summed E-state index contributed by atoms with van der Waals surface area (Å²) in [5.74, 6) is -2.08. The fourth-order valence-corrected chi connectivity index (χ4v) is 3.84. The van der Waals surface area contributed by atoms with Crippen LogP contribution < -0.4 is 4.90 Å². The predicted octanol–water partition coefficient (Wildman–Crippen LogP) is 3.54. The van der Waals surface area contributed by atoms with Crippen molar-refractivity contribution in [2.24, 2.45) is 0 Å². The number of carbonyl (C=O) groups is 1. The van der Waals surface area contributed by atoms with E-state index in [1.54, 1.807) is 17.2 Å². The maximum Gasteiger partial charge on any atom is 0.354 e. The third kappa shape index (κ3) is 2.92. The van der Waals surface area contributed by atoms with Crippen molar-refractivity contribution in [3.8, 4) is 0 Å². The highest BCUT2D eigenvalue weighted by Gasteiger charge is 2.36. The number of hydrogen-bond donors (Lipinski definition) is 1. The fourth-order valence-electron chi connectivity index (χ4n) is 3.84. The molecule has 3 aromatic heterocycles. The van der Waals surface area contributed by atoms with Gasteiger partial charge in [0, 0.05) is 18.2 Å². The first kappa shape index (κ1) is 18.3. The Bertz CT molecular complexity index is 1310. The van der Waals surface area contributed by atoms with Crippen LogP contribution in [0, 0.1) is 11.6 Å². The Hall–Kier alpha value is -3.69. The summed E-state index contributed by atoms with van der Waals surface area (Å²) in [6, 6.07) is 6.83. The van der Waals surface area contributed by atoms with Gasteiger partial charge >= 0.3 is 5.97 Å². The average Bonchev–Trinajstić information content (AvgIpc) is 3.29. The van der Waals surface area contributed by atoms with Gasteiger partial charge < -0.3 is 10.0 Å². The number of halogens is 3. The second kappa shape index (κ2) is 6.68. The lowest BCUT2D eigenvalue weighted by Crippen LogP contribution is -2.25. The molecule has 0 unspecified atom stereocenters. The first-order valence-electron chi connectivity index (χ1n) is 9.16. The van der Waals surface area contributed by atoms with Gasteiger partial charge in [-0.2, -0.15) is 5.10 Å². The molecule has 7 nitrogen and oxygen atoms in total. The molecule has 1 N–H and O–H groups in total. The number of carboxylic acid groups (broad SMARTS) is 1. The number of pyridine rings is 1. The molecule has 4 heterocycles. The summed E-state index contributed by atoms with van der Waals surface area (Å²) in [6.07, 6.45) is 0.341. The molecule has 5 rings (SSSR count). The molecule has 0 radical (unpaired) electrons. The van der Waals surface area contributed by atoms with Crippen LogP contribution in [0.15, 0.2) is 42.6 Å². The highest BCUT2D eigenvalue weighted by Crippen LogP contribution is 2.38. The number of aromatic carboxylic acids is 1. The van der Waals surface area contributed by atoms with Gasteiger partial charge in [-0.15, -0.1) is 0 Å². The van der Waals surface area contributed by atoms with Crippen molar-refractivity contribution in [2.45, 2.75) is 18.6 Å². The van der Waals surface area contributed by atoms with Crippen molar-refractivity contribution >= 4 is 28.5 Å². The minimum atomic E-state index is -1.24. The largest absolute Gasteiger partial charge is 0.477 e. The molecule has 4 aromatic rings. The van der Waals surface area contributed by atoms with Crippen LogP contribution in [-0.4, -0.2) is 43.4 Å². The van der Waals surface area contributed by atoms with Gasteiger partial charge in [-0.3, -0.25) is 0 Å². The van der Waals surface area contributed by atoms with Crippen molar-refractivity contribution < 1.29 is 23.1 Å². The summed E-state index contributed by atoms with van der Waals surface area (Å²) in [6.45, 7) is -0.0380. The van der Waals surface area contributed by atoms with Crippen LogP contribution in [0.5, 0.6) is 0 Å². The van der Waals surface area contributed by atoms with Crippen molar-refractivity contribution in [1.82, 2.24) is 19.6 Å². The highest BCUT2D eigenvalue weighted by molar-refractivity contribution is 5.93. The highest BCUT2D eigenvalue weighted by atomic mass is 19.1. The van der Waals surface area contributed by atoms with Crippen LogP contribution in [0.3, 0.4) is 0 Å². The zero-order chi connectivity index (χ0) is 21.0. The fraction of sp³-hybridized carbons (Fsp3) is 0.200. The van der Waals surface area contributed by atoms with E-state index >= 15 is 0 Å². The maximum atomic E-state index is 14.4. The van der Waals surface area contributed by atoms with E-state index in [0.717, 1.165) is 18.2 Å². The van der Waals surface area contributed by atoms with Gasteiger partial charge in [0.2, 0.25) is 0 Å². The Morgan fingerprint density at radius 2 is 1.97 bits per heavy atom. The molecule has 0 spiro atoms. The van der Waals surface area contributed by atoms with Gasteiger partial charge in [0.1, 0.15) is 40.4 Å². The van der Waals surface area contributed by atoms with Crippen LogP contribution in [0.25, 0.3) is 16.7 Å². The Labute approximate surface area is 167 Å². The van der Waals surface area contributed by atoms with Gasteiger partial charge in [0.15, 0.2) is 5.65 Å². The molecule has 0 aliphatic carbocycles. The molecule has 2 atom stereocenters. The molecule has 152 valence electrons. The summed E-state index contributed by atoms with van der Waals surface area (Å²) in [5, 5.41) is 13.5. The zero-order valence-electron chi connectivity index (χ0n) is 15.3. The van der Waals surface area contributed by atoms with Crippen molar-refractivity contribution in [3.63, 3.8) is 0 Å². The topological polar surface area (TPSA) is 83.6 Å². The summed E-state index contributed by atoms with van der Waals surface area (Å²) in [7, 11) is 0. The van der Waals surface area contributed by atoms with Gasteiger partial charge in [-0.1, -0.05) is 0 Å². The minimum absolute atomic E-state index is 0.00530. The third-order valence-corrected chi connectivity index (χ3v) is 5.18. The number of carboxylic acids is 1. The Morgan fingerprint density at radius 3 is 2.77 bits per heavy atom. The van der Waals surface area contributed by atoms with E-state index in [-0.39, 0.29) is 35.4 Å². The maximum absolute atomic E-state index is 14.4. The van der Waals surface area contributed by atoms with Crippen LogP contribution >= 0.6 is 0 Å². The number of benzene rings is 1. The summed E-state index contributed by atoms with van der Waals surface area (Å²) in [5.41, 5.74) is 0.908. The van der Waals surface area contributed by atoms with E-state index in [2.05, 4.69) is 15.1 Å². The number of hydrogen-bond acceptors (Lipinski definition) is 5. The van der Waals surface area contributed by atoms with Crippen LogP contribution in [0.4, 0.5) is 19.0 Å². The molecule has 0 saturated carbocycles. The van der Waals surface area contributed by atoms with Gasteiger partial charge in [0.25, 0.3) is 0 Å². The molecular formula is C20H14F3N5O2. The Kier molecular flexibility index (Phi) is 4.09. The summed E-state index contributed by atoms with van der Waals surface area (Å²) >= 11 is 0. The van der Waals surface area contributed by atoms with E-state index in [1.165, 1.54) is 16.6 Å². The van der Waals surface area contributed by atoms with Crippen molar-refractivity contribution in [2.75, 3.05) is 11.4 Å². The van der Waals surface area contributed by atoms with E-state index in [0.29, 0.717) is 11.3 Å². The Morgan fingerprint density at radius 1 is 1.13 bits per heavy atom. The Balaban J connectivity index is 1.63. The summed E-state index contributed by atoms with van der Waals surface area (Å²) in [4.78, 5) is 21.4. The van der Waals surface area contributed by atoms with Crippen LogP contribution in [-0.2, 0) is 0 Å². The average molecular weight is 413 g/mol. The molecule has 0 amide bonds. The van der Waals surface area contributed by atoms with E-state index in [4.69, 9.17) is 0 Å². The molecule has 1 aliphatic heterocycles. The third-order valence-electron chi connectivity index (χ3n) is 5.18. The smallest absolute Gasteiger partial charge is 0.354 e. The standard InChI is InChI=1S/C20H14F3N5O2/c21-10-1-2-13(23)12(7-10)16-8-11(22)9-27(16)17-5-6-28-19(25-17)18-14(26-28)3-4-15(24-18)20(29)30/h1-7,11,16H,8-9H2,(H,29,30)/t11-,16+/m0/s1. The number of rotatable bonds is 3. The zero-order valence-corrected chi connectivity index (χ0v) is 15.3. The number of nitrogens with zero attached hydrogens (tertiary/aromatic N) is 5. The second-order valence-electron chi connectivity index (χ2n) is 7.09. The summed E-state index contributed by atoms with van der Waals surface area (Å²) < 4.78 is 43.8. The molecule has 1 saturated heterocycles. The SMILES string of the molecule is O=C(O)c1ccc2nn3ccc(N4C[C@@H](F)C[C@@H]4c4cc(F)ccc4F)nc3c2n1. The van der Waals surface area contributed by atoms with Gasteiger partial charge in [0.05, 0.1) is 12.6 Å². The lowest BCUT2D eigenvalue weighted by molar-refractivity contribution is 0.0691. The molecular weight excluding hydrogens is 399 g/mol. The van der Waals surface area contributed by atoms with Crippen molar-refractivity contribution in [1.29, 1.82) is 0 Å². The second-order valence-corrected chi connectivity index (χ2v) is 7.09. The molecule has 1 fully saturated rings. The first-order valence-corrected chi connectivity index (χ1v) is 9.16. The first-order chi connectivity index (χ1) is 14.4. The van der Waals surface area contributed by atoms with Gasteiger partial charge in [-0.05, 0) is 36.4 Å². The van der Waals surface area contributed by atoms with E-state index in [9.17, 15) is 23.1 Å². The minimum Gasteiger partial charge on any atom is -0.477 e. The molecule has 10 heteroatoms. The number of alkyl halides is 1. The van der Waals surface area contributed by atoms with Crippen molar-refractivity contribution in [3.05, 3.63) is 65.5 Å². The van der Waals surface area contributed by atoms with E-state index in [1.807, 2.05) is 0 Å². The normalized spacial score (nSPS) is 19.1. The quantitative estimate of drug-likeness (QED) is 0.553. The van der Waals surface area contributed by atoms with Crippen LogP contribution in [0.2, 0.25) is 0 Å². The molecule has 0 bridgehead atoms. The monoisotopic (exact) mass is 413 g/mol.